The molecule has 0 saturated carbocycles. The third-order valence-corrected chi connectivity index (χ3v) is 7.20. The Morgan fingerprint density at radius 3 is 2.48 bits per heavy atom. The molecule has 2 amide bonds. The van der Waals surface area contributed by atoms with Gasteiger partial charge in [-0.25, -0.2) is 0 Å². The molecule has 1 fully saturated rings. The molecule has 0 aliphatic carbocycles. The van der Waals surface area contributed by atoms with Gasteiger partial charge in [-0.05, 0) is 72.4 Å². The summed E-state index contributed by atoms with van der Waals surface area (Å²) in [5.74, 6) is 1.10. The number of methoxy groups -OCH3 is 1. The van der Waals surface area contributed by atoms with E-state index in [4.69, 9.17) is 25.5 Å². The number of carbonyl (C=O) groups excluding carboxylic acids is 2. The largest absolute Gasteiger partial charge is 0.496 e. The number of rotatable bonds is 10. The second kappa shape index (κ2) is 13.7. The van der Waals surface area contributed by atoms with Gasteiger partial charge in [0.25, 0.3) is 11.8 Å². The fourth-order valence-electron chi connectivity index (χ4n) is 3.94. The lowest BCUT2D eigenvalue weighted by molar-refractivity contribution is -0.122. The van der Waals surface area contributed by atoms with Gasteiger partial charge in [0.15, 0.2) is 11.8 Å². The van der Waals surface area contributed by atoms with E-state index in [1.807, 2.05) is 30.3 Å². The first-order valence-electron chi connectivity index (χ1n) is 12.8. The number of nitrogens with one attached hydrogen (secondary N) is 1. The van der Waals surface area contributed by atoms with Crippen LogP contribution in [-0.4, -0.2) is 41.8 Å². The highest BCUT2D eigenvalue weighted by molar-refractivity contribution is 8.18. The molecule has 212 valence electrons. The maximum atomic E-state index is 13.5. The number of hydrogen-bond donors (Lipinski definition) is 1. The zero-order valence-corrected chi connectivity index (χ0v) is 24.0. The highest BCUT2D eigenvalue weighted by atomic mass is 35.5. The first kappa shape index (κ1) is 28.7. The molecule has 5 rings (SSSR count). The number of amidine groups is 1. The predicted molar refractivity (Wildman–Crippen MR) is 165 cm³/mol. The molecule has 0 spiro atoms. The summed E-state index contributed by atoms with van der Waals surface area (Å²) >= 11 is 7.09. The van der Waals surface area contributed by atoms with Crippen molar-refractivity contribution in [1.82, 2.24) is 4.90 Å². The molecule has 11 heteroatoms. The van der Waals surface area contributed by atoms with Gasteiger partial charge in [0.1, 0.15) is 17.3 Å². The molecule has 1 aromatic heterocycles. The Bertz CT molecular complexity index is 1650. The van der Waals surface area contributed by atoms with Gasteiger partial charge < -0.3 is 19.2 Å². The molecule has 4 aromatic rings. The van der Waals surface area contributed by atoms with E-state index in [1.54, 1.807) is 80.3 Å². The van der Waals surface area contributed by atoms with E-state index >= 15 is 0 Å². The molecule has 1 aliphatic rings. The normalized spacial score (nSPS) is 15.1. The smallest absolute Gasteiger partial charge is 0.267 e. The summed E-state index contributed by atoms with van der Waals surface area (Å²) in [5.41, 5.74) is 1.98. The number of hydrogen-bond acceptors (Lipinski definition) is 8. The van der Waals surface area contributed by atoms with Crippen LogP contribution in [0.4, 0.5) is 5.69 Å². The number of furan rings is 1. The lowest BCUT2D eigenvalue weighted by atomic mass is 10.2. The number of thioether (sulfide) groups is 1. The molecule has 1 N–H and O–H groups in total. The number of nitrogens with zero attached hydrogens (tertiary/aromatic N) is 3. The summed E-state index contributed by atoms with van der Waals surface area (Å²) in [6.07, 6.45) is 4.83. The van der Waals surface area contributed by atoms with Gasteiger partial charge in [-0.2, -0.15) is 5.10 Å². The zero-order valence-electron chi connectivity index (χ0n) is 22.4. The van der Waals surface area contributed by atoms with E-state index in [-0.39, 0.29) is 25.0 Å². The van der Waals surface area contributed by atoms with Crippen LogP contribution >= 0.6 is 23.4 Å². The van der Waals surface area contributed by atoms with Crippen LogP contribution in [0.1, 0.15) is 16.9 Å². The minimum absolute atomic E-state index is 0.183. The Labute approximate surface area is 251 Å². The summed E-state index contributed by atoms with van der Waals surface area (Å²) in [6, 6.07) is 24.9. The number of halogens is 1. The van der Waals surface area contributed by atoms with Crippen LogP contribution in [0, 0.1) is 0 Å². The first-order valence-corrected chi connectivity index (χ1v) is 13.9. The SMILES string of the molecule is COc1ccccc1/C=N/N=C1\S/C(=C\c2ccccc2OCC(=O)Nc2ccc(Cl)cc2)C(=O)N1Cc1ccco1. The highest BCUT2D eigenvalue weighted by Crippen LogP contribution is 2.35. The predicted octanol–water partition coefficient (Wildman–Crippen LogP) is 6.47. The third-order valence-electron chi connectivity index (χ3n) is 5.95. The lowest BCUT2D eigenvalue weighted by Crippen LogP contribution is -2.28. The summed E-state index contributed by atoms with van der Waals surface area (Å²) in [4.78, 5) is 27.9. The zero-order chi connectivity index (χ0) is 29.3. The minimum Gasteiger partial charge on any atom is -0.496 e. The fourth-order valence-corrected chi connectivity index (χ4v) is 4.99. The van der Waals surface area contributed by atoms with E-state index in [2.05, 4.69) is 15.5 Å². The van der Waals surface area contributed by atoms with Gasteiger partial charge in [0.2, 0.25) is 0 Å². The summed E-state index contributed by atoms with van der Waals surface area (Å²) in [7, 11) is 1.58. The topological polar surface area (TPSA) is 106 Å². The fraction of sp³-hybridized carbons (Fsp3) is 0.0968. The Morgan fingerprint density at radius 1 is 1.00 bits per heavy atom. The van der Waals surface area contributed by atoms with Crippen LogP contribution in [0.2, 0.25) is 5.02 Å². The lowest BCUT2D eigenvalue weighted by Gasteiger charge is -2.12. The van der Waals surface area contributed by atoms with Gasteiger partial charge in [0, 0.05) is 21.8 Å². The quantitative estimate of drug-likeness (QED) is 0.127. The van der Waals surface area contributed by atoms with Crippen LogP contribution in [0.25, 0.3) is 6.08 Å². The second-order valence-electron chi connectivity index (χ2n) is 8.83. The molecule has 1 saturated heterocycles. The molecule has 0 radical (unpaired) electrons. The van der Waals surface area contributed by atoms with Gasteiger partial charge in [-0.15, -0.1) is 5.10 Å². The molecule has 42 heavy (non-hydrogen) atoms. The first-order chi connectivity index (χ1) is 20.5. The van der Waals surface area contributed by atoms with Crippen molar-refractivity contribution < 1.29 is 23.5 Å². The number of carbonyl (C=O) groups is 2. The minimum atomic E-state index is -0.335. The van der Waals surface area contributed by atoms with E-state index in [0.717, 1.165) is 5.56 Å². The van der Waals surface area contributed by atoms with Crippen molar-refractivity contribution in [3.63, 3.8) is 0 Å². The van der Waals surface area contributed by atoms with Crippen molar-refractivity contribution in [2.45, 2.75) is 6.54 Å². The molecular weight excluding hydrogens is 576 g/mol. The van der Waals surface area contributed by atoms with Crippen molar-refractivity contribution in [3.05, 3.63) is 118 Å². The maximum Gasteiger partial charge on any atom is 0.267 e. The van der Waals surface area contributed by atoms with E-state index in [9.17, 15) is 9.59 Å². The number of ether oxygens (including phenoxy) is 2. The molecule has 9 nitrogen and oxygen atoms in total. The summed E-state index contributed by atoms with van der Waals surface area (Å²) < 4.78 is 16.7. The average molecular weight is 601 g/mol. The van der Waals surface area contributed by atoms with Crippen LogP contribution in [0.3, 0.4) is 0 Å². The summed E-state index contributed by atoms with van der Waals surface area (Å²) in [6.45, 7) is -0.0406. The molecule has 1 aliphatic heterocycles. The van der Waals surface area contributed by atoms with Crippen molar-refractivity contribution >= 4 is 58.3 Å². The number of anilines is 1. The second-order valence-corrected chi connectivity index (χ2v) is 10.3. The van der Waals surface area contributed by atoms with E-state index in [1.165, 1.54) is 16.7 Å². The number of para-hydroxylation sites is 2. The monoisotopic (exact) mass is 600 g/mol. The Balaban J connectivity index is 1.35. The Kier molecular flexibility index (Phi) is 9.37. The van der Waals surface area contributed by atoms with E-state index in [0.29, 0.717) is 43.6 Å². The Morgan fingerprint density at radius 2 is 1.74 bits per heavy atom. The van der Waals surface area contributed by atoms with Gasteiger partial charge in [-0.1, -0.05) is 41.9 Å². The van der Waals surface area contributed by atoms with Crippen molar-refractivity contribution in [2.75, 3.05) is 19.0 Å². The number of amides is 2. The summed E-state index contributed by atoms with van der Waals surface area (Å²) in [5, 5.41) is 12.3. The van der Waals surface area contributed by atoms with Crippen molar-refractivity contribution in [1.29, 1.82) is 0 Å². The molecule has 0 atom stereocenters. The maximum absolute atomic E-state index is 13.5. The van der Waals surface area contributed by atoms with Crippen LogP contribution < -0.4 is 14.8 Å². The van der Waals surface area contributed by atoms with Gasteiger partial charge >= 0.3 is 0 Å². The highest BCUT2D eigenvalue weighted by Gasteiger charge is 2.34. The Hall–Kier alpha value is -4.80. The van der Waals surface area contributed by atoms with Crippen molar-refractivity contribution in [3.8, 4) is 11.5 Å². The third kappa shape index (κ3) is 7.28. The molecule has 0 unspecified atom stereocenters. The van der Waals surface area contributed by atoms with Crippen LogP contribution in [0.5, 0.6) is 11.5 Å². The van der Waals surface area contributed by atoms with Crippen LogP contribution in [-0.2, 0) is 16.1 Å². The molecule has 2 heterocycles. The van der Waals surface area contributed by atoms with Gasteiger partial charge in [-0.3, -0.25) is 14.5 Å². The van der Waals surface area contributed by atoms with Crippen molar-refractivity contribution in [2.24, 2.45) is 10.2 Å². The standard InChI is InChI=1S/C31H25ClN4O5S/c1-39-26-10-4-3-8-22(26)18-33-35-31-36(19-25-9-6-16-40-25)30(38)28(42-31)17-21-7-2-5-11-27(21)41-20-29(37)34-24-14-12-23(32)13-15-24/h2-18H,19-20H2,1H3,(H,34,37)/b28-17-,33-18+,35-31-. The molecule has 0 bridgehead atoms. The molecular formula is C31H25ClN4O5S. The van der Waals surface area contributed by atoms with E-state index < -0.39 is 0 Å². The molecule has 3 aromatic carbocycles. The average Bonchev–Trinajstić information content (AvgIpc) is 3.62. The number of benzene rings is 3. The van der Waals surface area contributed by atoms with Crippen LogP contribution in [0.15, 0.2) is 111 Å². The van der Waals surface area contributed by atoms with Gasteiger partial charge in [0.05, 0.1) is 31.0 Å².